The number of hydrogen-bond acceptors (Lipinski definition) is 2. The van der Waals surface area contributed by atoms with Crippen LogP contribution in [0.2, 0.25) is 0 Å². The number of anilines is 1. The second kappa shape index (κ2) is 6.43. The van der Waals surface area contributed by atoms with E-state index in [-0.39, 0.29) is 5.91 Å². The van der Waals surface area contributed by atoms with E-state index in [2.05, 4.69) is 5.32 Å². The van der Waals surface area contributed by atoms with Crippen LogP contribution < -0.4 is 5.32 Å². The van der Waals surface area contributed by atoms with Crippen LogP contribution in [-0.2, 0) is 4.79 Å². The maximum absolute atomic E-state index is 12.0. The molecule has 2 aromatic rings. The number of benzene rings is 2. The first-order valence-corrected chi connectivity index (χ1v) is 7.19. The molecule has 0 aliphatic rings. The average Bonchev–Trinajstić information content (AvgIpc) is 2.42. The molecular formula is C16H17NOS. The van der Waals surface area contributed by atoms with E-state index in [9.17, 15) is 4.79 Å². The van der Waals surface area contributed by atoms with E-state index in [1.807, 2.05) is 62.4 Å². The van der Waals surface area contributed by atoms with Crippen LogP contribution in [0.25, 0.3) is 0 Å². The van der Waals surface area contributed by atoms with Crippen molar-refractivity contribution in [1.82, 2.24) is 0 Å². The molecular weight excluding hydrogens is 254 g/mol. The smallest absolute Gasteiger partial charge is 0.234 e. The molecule has 0 fully saturated rings. The number of carbonyl (C=O) groups excluding carboxylic acids is 1. The Labute approximate surface area is 118 Å². The van der Waals surface area contributed by atoms with Gasteiger partial charge >= 0.3 is 0 Å². The highest BCUT2D eigenvalue weighted by molar-refractivity contribution is 8.00. The second-order valence-electron chi connectivity index (χ2n) is 4.42. The van der Waals surface area contributed by atoms with Crippen LogP contribution in [0, 0.1) is 13.8 Å². The predicted molar refractivity (Wildman–Crippen MR) is 81.7 cm³/mol. The summed E-state index contributed by atoms with van der Waals surface area (Å²) in [5, 5.41) is 2.99. The van der Waals surface area contributed by atoms with Crippen LogP contribution in [0.4, 0.5) is 5.69 Å². The Kier molecular flexibility index (Phi) is 4.63. The Morgan fingerprint density at radius 2 is 1.63 bits per heavy atom. The summed E-state index contributed by atoms with van der Waals surface area (Å²) in [5.41, 5.74) is 3.12. The number of carbonyl (C=O) groups is 1. The predicted octanol–water partition coefficient (Wildman–Crippen LogP) is 4.03. The van der Waals surface area contributed by atoms with Crippen LogP contribution in [-0.4, -0.2) is 11.7 Å². The van der Waals surface area contributed by atoms with Crippen molar-refractivity contribution in [2.24, 2.45) is 0 Å². The molecule has 1 N–H and O–H groups in total. The number of amides is 1. The molecule has 19 heavy (non-hydrogen) atoms. The lowest BCUT2D eigenvalue weighted by Gasteiger charge is -2.11. The first-order valence-electron chi connectivity index (χ1n) is 6.21. The fourth-order valence-electron chi connectivity index (χ4n) is 1.85. The molecule has 0 heterocycles. The van der Waals surface area contributed by atoms with Gasteiger partial charge in [-0.3, -0.25) is 4.79 Å². The first kappa shape index (κ1) is 13.7. The Morgan fingerprint density at radius 1 is 1.00 bits per heavy atom. The van der Waals surface area contributed by atoms with E-state index >= 15 is 0 Å². The zero-order valence-corrected chi connectivity index (χ0v) is 12.0. The van der Waals surface area contributed by atoms with Gasteiger partial charge < -0.3 is 5.32 Å². The van der Waals surface area contributed by atoms with Gasteiger partial charge in [-0.1, -0.05) is 36.4 Å². The van der Waals surface area contributed by atoms with Gasteiger partial charge in [-0.15, -0.1) is 11.8 Å². The van der Waals surface area contributed by atoms with Crippen molar-refractivity contribution in [3.8, 4) is 0 Å². The maximum atomic E-state index is 12.0. The van der Waals surface area contributed by atoms with Crippen molar-refractivity contribution in [1.29, 1.82) is 0 Å². The molecule has 0 aromatic heterocycles. The Bertz CT molecular complexity index is 546. The minimum Gasteiger partial charge on any atom is -0.325 e. The van der Waals surface area contributed by atoms with Crippen molar-refractivity contribution in [2.45, 2.75) is 18.7 Å². The minimum absolute atomic E-state index is 0.0336. The van der Waals surface area contributed by atoms with Crippen molar-refractivity contribution in [2.75, 3.05) is 11.1 Å². The Hall–Kier alpha value is -1.74. The van der Waals surface area contributed by atoms with E-state index in [1.54, 1.807) is 11.8 Å². The first-order chi connectivity index (χ1) is 9.16. The summed E-state index contributed by atoms with van der Waals surface area (Å²) in [6, 6.07) is 16.0. The normalized spacial score (nSPS) is 10.2. The number of hydrogen-bond donors (Lipinski definition) is 1. The van der Waals surface area contributed by atoms with Crippen molar-refractivity contribution < 1.29 is 4.79 Å². The zero-order chi connectivity index (χ0) is 13.7. The number of para-hydroxylation sites is 1. The quantitative estimate of drug-likeness (QED) is 0.850. The van der Waals surface area contributed by atoms with Gasteiger partial charge in [0.15, 0.2) is 0 Å². The molecule has 2 nitrogen and oxygen atoms in total. The van der Waals surface area contributed by atoms with E-state index in [4.69, 9.17) is 0 Å². The summed E-state index contributed by atoms with van der Waals surface area (Å²) >= 11 is 1.55. The molecule has 0 unspecified atom stereocenters. The monoisotopic (exact) mass is 271 g/mol. The molecule has 2 aromatic carbocycles. The third-order valence-corrected chi connectivity index (χ3v) is 3.87. The van der Waals surface area contributed by atoms with Crippen LogP contribution in [0.5, 0.6) is 0 Å². The largest absolute Gasteiger partial charge is 0.325 e. The maximum Gasteiger partial charge on any atom is 0.234 e. The topological polar surface area (TPSA) is 29.1 Å². The number of rotatable bonds is 4. The molecule has 3 heteroatoms. The van der Waals surface area contributed by atoms with Gasteiger partial charge in [0.1, 0.15) is 0 Å². The lowest BCUT2D eigenvalue weighted by Crippen LogP contribution is -2.15. The molecule has 0 aliphatic carbocycles. The lowest BCUT2D eigenvalue weighted by molar-refractivity contribution is -0.113. The lowest BCUT2D eigenvalue weighted by atomic mass is 10.1. The van der Waals surface area contributed by atoms with Crippen molar-refractivity contribution in [3.05, 3.63) is 59.7 Å². The molecule has 0 atom stereocenters. The van der Waals surface area contributed by atoms with Gasteiger partial charge in [0.25, 0.3) is 0 Å². The van der Waals surface area contributed by atoms with E-state index in [0.717, 1.165) is 21.7 Å². The number of thioether (sulfide) groups is 1. The molecule has 0 saturated carbocycles. The molecule has 98 valence electrons. The van der Waals surface area contributed by atoms with Gasteiger partial charge in [0, 0.05) is 10.6 Å². The van der Waals surface area contributed by atoms with Crippen LogP contribution in [0.3, 0.4) is 0 Å². The molecule has 0 saturated heterocycles. The summed E-state index contributed by atoms with van der Waals surface area (Å²) in [5.74, 6) is 0.462. The van der Waals surface area contributed by atoms with Crippen molar-refractivity contribution in [3.63, 3.8) is 0 Å². The SMILES string of the molecule is Cc1cccc(C)c1NC(=O)CSc1ccccc1. The van der Waals surface area contributed by atoms with Gasteiger partial charge in [0.05, 0.1) is 5.75 Å². The standard InChI is InChI=1S/C16H17NOS/c1-12-7-6-8-13(2)16(12)17-15(18)11-19-14-9-4-3-5-10-14/h3-10H,11H2,1-2H3,(H,17,18). The van der Waals surface area contributed by atoms with Gasteiger partial charge in [-0.05, 0) is 37.1 Å². The highest BCUT2D eigenvalue weighted by Crippen LogP contribution is 2.21. The molecule has 1 amide bonds. The molecule has 0 spiro atoms. The summed E-state index contributed by atoms with van der Waals surface area (Å²) in [6.45, 7) is 4.01. The van der Waals surface area contributed by atoms with Gasteiger partial charge in [-0.2, -0.15) is 0 Å². The minimum atomic E-state index is 0.0336. The highest BCUT2D eigenvalue weighted by Gasteiger charge is 2.07. The summed E-state index contributed by atoms with van der Waals surface area (Å²) in [6.07, 6.45) is 0. The Morgan fingerprint density at radius 3 is 2.26 bits per heavy atom. The summed E-state index contributed by atoms with van der Waals surface area (Å²) in [7, 11) is 0. The third kappa shape index (κ3) is 3.86. The van der Waals surface area contributed by atoms with Crippen molar-refractivity contribution >= 4 is 23.4 Å². The number of nitrogens with one attached hydrogen (secondary N) is 1. The van der Waals surface area contributed by atoms with Crippen LogP contribution in [0.1, 0.15) is 11.1 Å². The molecule has 0 bridgehead atoms. The van der Waals surface area contributed by atoms with Crippen LogP contribution in [0.15, 0.2) is 53.4 Å². The number of aryl methyl sites for hydroxylation is 2. The molecule has 0 aliphatic heterocycles. The Balaban J connectivity index is 1.95. The van der Waals surface area contributed by atoms with Gasteiger partial charge in [0.2, 0.25) is 5.91 Å². The van der Waals surface area contributed by atoms with E-state index in [1.165, 1.54) is 0 Å². The summed E-state index contributed by atoms with van der Waals surface area (Å²) in [4.78, 5) is 13.1. The highest BCUT2D eigenvalue weighted by atomic mass is 32.2. The average molecular weight is 271 g/mol. The fraction of sp³-hybridized carbons (Fsp3) is 0.188. The second-order valence-corrected chi connectivity index (χ2v) is 5.47. The fourth-order valence-corrected chi connectivity index (χ4v) is 2.57. The third-order valence-electron chi connectivity index (χ3n) is 2.86. The van der Waals surface area contributed by atoms with E-state index < -0.39 is 0 Å². The molecule has 0 radical (unpaired) electrons. The summed E-state index contributed by atoms with van der Waals surface area (Å²) < 4.78 is 0. The molecule has 2 rings (SSSR count). The van der Waals surface area contributed by atoms with Gasteiger partial charge in [-0.25, -0.2) is 0 Å². The van der Waals surface area contributed by atoms with Crippen LogP contribution >= 0.6 is 11.8 Å². The van der Waals surface area contributed by atoms with E-state index in [0.29, 0.717) is 5.75 Å². The zero-order valence-electron chi connectivity index (χ0n) is 11.1.